The predicted octanol–water partition coefficient (Wildman–Crippen LogP) is 2.61. The van der Waals surface area contributed by atoms with Gasteiger partial charge in [-0.25, -0.2) is 9.78 Å². The van der Waals surface area contributed by atoms with Gasteiger partial charge in [0.25, 0.3) is 5.91 Å². The molecular weight excluding hydrogens is 330 g/mol. The van der Waals surface area contributed by atoms with E-state index < -0.39 is 0 Å². The van der Waals surface area contributed by atoms with E-state index in [2.05, 4.69) is 9.88 Å². The van der Waals surface area contributed by atoms with Gasteiger partial charge < -0.3 is 14.5 Å². The van der Waals surface area contributed by atoms with Gasteiger partial charge in [0.1, 0.15) is 5.82 Å². The zero-order valence-electron chi connectivity index (χ0n) is 14.9. The Kier molecular flexibility index (Phi) is 5.84. The van der Waals surface area contributed by atoms with Crippen molar-refractivity contribution in [2.24, 2.45) is 0 Å². The van der Waals surface area contributed by atoms with E-state index in [1.807, 2.05) is 41.3 Å². The zero-order chi connectivity index (χ0) is 18.4. The Balaban J connectivity index is 1.63. The smallest absolute Gasteiger partial charge is 0.339 e. The molecule has 3 rings (SSSR count). The first-order valence-corrected chi connectivity index (χ1v) is 8.91. The Morgan fingerprint density at radius 1 is 1.00 bits per heavy atom. The van der Waals surface area contributed by atoms with Crippen molar-refractivity contribution in [3.05, 3.63) is 59.8 Å². The van der Waals surface area contributed by atoms with Crippen LogP contribution in [0, 0.1) is 0 Å². The van der Waals surface area contributed by atoms with E-state index in [9.17, 15) is 9.59 Å². The Labute approximate surface area is 153 Å². The number of esters is 1. The van der Waals surface area contributed by atoms with Gasteiger partial charge in [-0.05, 0) is 37.6 Å². The molecule has 1 aromatic heterocycles. The Morgan fingerprint density at radius 2 is 1.81 bits per heavy atom. The standard InChI is InChI=1S/C20H23N3O3/c1-2-26-20(25)17-9-10-18(21-15-17)22-11-6-12-23(14-13-22)19(24)16-7-4-3-5-8-16/h3-5,7-10,15H,2,6,11-14H2,1H3. The second-order valence-electron chi connectivity index (χ2n) is 6.12. The first-order chi connectivity index (χ1) is 12.7. The highest BCUT2D eigenvalue weighted by Gasteiger charge is 2.21. The molecule has 2 aromatic rings. The number of hydrogen-bond donors (Lipinski definition) is 0. The number of carbonyl (C=O) groups is 2. The van der Waals surface area contributed by atoms with Gasteiger partial charge in [0.05, 0.1) is 12.2 Å². The third-order valence-electron chi connectivity index (χ3n) is 4.39. The van der Waals surface area contributed by atoms with E-state index in [1.54, 1.807) is 19.2 Å². The summed E-state index contributed by atoms with van der Waals surface area (Å²) in [4.78, 5) is 32.8. The van der Waals surface area contributed by atoms with Crippen LogP contribution in [0.15, 0.2) is 48.7 Å². The molecule has 1 saturated heterocycles. The Hall–Kier alpha value is -2.89. The molecule has 1 amide bonds. The topological polar surface area (TPSA) is 62.7 Å². The number of nitrogens with zero attached hydrogens (tertiary/aromatic N) is 3. The molecule has 0 radical (unpaired) electrons. The predicted molar refractivity (Wildman–Crippen MR) is 99.4 cm³/mol. The lowest BCUT2D eigenvalue weighted by molar-refractivity contribution is 0.0525. The maximum absolute atomic E-state index is 12.6. The number of amides is 1. The van der Waals surface area contributed by atoms with Crippen molar-refractivity contribution in [1.29, 1.82) is 0 Å². The van der Waals surface area contributed by atoms with Crippen LogP contribution in [0.2, 0.25) is 0 Å². The summed E-state index contributed by atoms with van der Waals surface area (Å²) in [7, 11) is 0. The fourth-order valence-corrected chi connectivity index (χ4v) is 3.02. The second-order valence-corrected chi connectivity index (χ2v) is 6.12. The normalized spacial score (nSPS) is 14.7. The molecule has 0 N–H and O–H groups in total. The van der Waals surface area contributed by atoms with Crippen LogP contribution in [-0.2, 0) is 4.74 Å². The van der Waals surface area contributed by atoms with Crippen LogP contribution in [0.3, 0.4) is 0 Å². The van der Waals surface area contributed by atoms with Gasteiger partial charge in [-0.3, -0.25) is 4.79 Å². The molecule has 1 fully saturated rings. The van der Waals surface area contributed by atoms with E-state index in [1.165, 1.54) is 0 Å². The average molecular weight is 353 g/mol. The minimum atomic E-state index is -0.359. The molecule has 6 nitrogen and oxygen atoms in total. The molecule has 0 saturated carbocycles. The largest absolute Gasteiger partial charge is 0.462 e. The van der Waals surface area contributed by atoms with Crippen molar-refractivity contribution in [3.8, 4) is 0 Å². The zero-order valence-corrected chi connectivity index (χ0v) is 14.9. The number of pyridine rings is 1. The molecule has 0 spiro atoms. The first kappa shape index (κ1) is 17.9. The fraction of sp³-hybridized carbons (Fsp3) is 0.350. The molecule has 0 bridgehead atoms. The van der Waals surface area contributed by atoms with Gasteiger partial charge in [0.2, 0.25) is 0 Å². The summed E-state index contributed by atoms with van der Waals surface area (Å²) in [6.07, 6.45) is 2.42. The lowest BCUT2D eigenvalue weighted by Crippen LogP contribution is -2.35. The summed E-state index contributed by atoms with van der Waals surface area (Å²) in [5.41, 5.74) is 1.17. The molecule has 1 aromatic carbocycles. The summed E-state index contributed by atoms with van der Waals surface area (Å²) in [6, 6.07) is 12.9. The van der Waals surface area contributed by atoms with Crippen molar-refractivity contribution in [2.75, 3.05) is 37.7 Å². The van der Waals surface area contributed by atoms with Crippen LogP contribution in [0.25, 0.3) is 0 Å². The van der Waals surface area contributed by atoms with Crippen LogP contribution < -0.4 is 4.90 Å². The van der Waals surface area contributed by atoms with Crippen molar-refractivity contribution >= 4 is 17.7 Å². The van der Waals surface area contributed by atoms with Gasteiger partial charge in [-0.15, -0.1) is 0 Å². The van der Waals surface area contributed by atoms with E-state index in [0.29, 0.717) is 25.3 Å². The maximum atomic E-state index is 12.6. The molecule has 26 heavy (non-hydrogen) atoms. The van der Waals surface area contributed by atoms with Crippen LogP contribution in [0.1, 0.15) is 34.1 Å². The molecule has 0 aliphatic carbocycles. The van der Waals surface area contributed by atoms with Crippen molar-refractivity contribution < 1.29 is 14.3 Å². The second kappa shape index (κ2) is 8.47. The SMILES string of the molecule is CCOC(=O)c1ccc(N2CCCN(C(=O)c3ccccc3)CC2)nc1. The number of carbonyl (C=O) groups excluding carboxylic acids is 2. The van der Waals surface area contributed by atoms with Gasteiger partial charge in [-0.2, -0.15) is 0 Å². The monoisotopic (exact) mass is 353 g/mol. The number of benzene rings is 1. The summed E-state index contributed by atoms with van der Waals surface area (Å²) >= 11 is 0. The lowest BCUT2D eigenvalue weighted by atomic mass is 10.2. The third-order valence-corrected chi connectivity index (χ3v) is 4.39. The molecule has 1 aliphatic heterocycles. The Bertz CT molecular complexity index is 747. The highest BCUT2D eigenvalue weighted by Crippen LogP contribution is 2.16. The van der Waals surface area contributed by atoms with Crippen molar-refractivity contribution in [3.63, 3.8) is 0 Å². The van der Waals surface area contributed by atoms with Gasteiger partial charge in [0, 0.05) is 37.9 Å². The van der Waals surface area contributed by atoms with Crippen LogP contribution in [0.4, 0.5) is 5.82 Å². The number of rotatable bonds is 4. The van der Waals surface area contributed by atoms with E-state index in [4.69, 9.17) is 4.74 Å². The highest BCUT2D eigenvalue weighted by molar-refractivity contribution is 5.94. The number of anilines is 1. The van der Waals surface area contributed by atoms with Gasteiger partial charge >= 0.3 is 5.97 Å². The maximum Gasteiger partial charge on any atom is 0.339 e. The van der Waals surface area contributed by atoms with Crippen molar-refractivity contribution in [1.82, 2.24) is 9.88 Å². The summed E-state index contributed by atoms with van der Waals surface area (Å²) in [6.45, 7) is 5.03. The van der Waals surface area contributed by atoms with Gasteiger partial charge in [-0.1, -0.05) is 18.2 Å². The summed E-state index contributed by atoms with van der Waals surface area (Å²) < 4.78 is 4.98. The molecule has 0 atom stereocenters. The minimum Gasteiger partial charge on any atom is -0.462 e. The van der Waals surface area contributed by atoms with E-state index >= 15 is 0 Å². The lowest BCUT2D eigenvalue weighted by Gasteiger charge is -2.23. The molecule has 136 valence electrons. The minimum absolute atomic E-state index is 0.0677. The van der Waals surface area contributed by atoms with E-state index in [0.717, 1.165) is 30.9 Å². The fourth-order valence-electron chi connectivity index (χ4n) is 3.02. The third kappa shape index (κ3) is 4.20. The van der Waals surface area contributed by atoms with E-state index in [-0.39, 0.29) is 11.9 Å². The summed E-state index contributed by atoms with van der Waals surface area (Å²) in [5, 5.41) is 0. The van der Waals surface area contributed by atoms with Crippen molar-refractivity contribution in [2.45, 2.75) is 13.3 Å². The number of aromatic nitrogens is 1. The first-order valence-electron chi connectivity index (χ1n) is 8.91. The highest BCUT2D eigenvalue weighted by atomic mass is 16.5. The number of ether oxygens (including phenoxy) is 1. The van der Waals surface area contributed by atoms with Crippen LogP contribution in [-0.4, -0.2) is 54.5 Å². The number of hydrogen-bond acceptors (Lipinski definition) is 5. The molecular formula is C20H23N3O3. The molecule has 2 heterocycles. The van der Waals surface area contributed by atoms with Crippen LogP contribution >= 0.6 is 0 Å². The molecule has 1 aliphatic rings. The van der Waals surface area contributed by atoms with Crippen LogP contribution in [0.5, 0.6) is 0 Å². The quantitative estimate of drug-likeness (QED) is 0.791. The Morgan fingerprint density at radius 3 is 2.50 bits per heavy atom. The molecule has 6 heteroatoms. The van der Waals surface area contributed by atoms with Gasteiger partial charge in [0.15, 0.2) is 0 Å². The summed E-state index contributed by atoms with van der Waals surface area (Å²) in [5.74, 6) is 0.521. The average Bonchev–Trinajstić information content (AvgIpc) is 2.95. The molecule has 0 unspecified atom stereocenters.